The second kappa shape index (κ2) is 7.78. The van der Waals surface area contributed by atoms with Crippen molar-refractivity contribution in [3.05, 3.63) is 23.9 Å². The Morgan fingerprint density at radius 1 is 1.42 bits per heavy atom. The number of halogens is 4. The highest BCUT2D eigenvalue weighted by atomic mass is 19.3. The van der Waals surface area contributed by atoms with E-state index < -0.39 is 19.0 Å². The first kappa shape index (κ1) is 18.4. The van der Waals surface area contributed by atoms with Gasteiger partial charge in [-0.05, 0) is 25.3 Å². The number of amides is 1. The monoisotopic (exact) mass is 349 g/mol. The Hall–Kier alpha value is -1.90. The molecule has 1 fully saturated rings. The summed E-state index contributed by atoms with van der Waals surface area (Å²) in [6, 6.07) is 2.54. The molecule has 2 N–H and O–H groups in total. The van der Waals surface area contributed by atoms with Gasteiger partial charge in [0.1, 0.15) is 0 Å². The van der Waals surface area contributed by atoms with E-state index in [-0.39, 0.29) is 23.4 Å². The van der Waals surface area contributed by atoms with E-state index in [4.69, 9.17) is 5.73 Å². The van der Waals surface area contributed by atoms with E-state index in [9.17, 15) is 22.4 Å². The third kappa shape index (κ3) is 4.34. The molecule has 0 saturated carbocycles. The molecule has 24 heavy (non-hydrogen) atoms. The number of hydrogen-bond donors (Lipinski definition) is 1. The van der Waals surface area contributed by atoms with Gasteiger partial charge in [-0.3, -0.25) is 4.79 Å². The normalized spacial score (nSPS) is 18.8. The predicted octanol–water partition coefficient (Wildman–Crippen LogP) is 2.31. The zero-order valence-electron chi connectivity index (χ0n) is 12.9. The predicted molar refractivity (Wildman–Crippen MR) is 78.4 cm³/mol. The number of piperidine rings is 1. The Morgan fingerprint density at radius 2 is 2.17 bits per heavy atom. The highest BCUT2D eigenvalue weighted by Gasteiger charge is 2.41. The molecule has 1 amide bonds. The van der Waals surface area contributed by atoms with Crippen molar-refractivity contribution in [1.82, 2.24) is 9.88 Å². The molecule has 1 saturated heterocycles. The van der Waals surface area contributed by atoms with Crippen LogP contribution < -0.4 is 10.5 Å². The summed E-state index contributed by atoms with van der Waals surface area (Å²) >= 11 is 0. The number of likely N-dealkylation sites (tertiary alicyclic amines) is 1. The zero-order chi connectivity index (χ0) is 17.7. The molecule has 0 aliphatic carbocycles. The van der Waals surface area contributed by atoms with Gasteiger partial charge in [-0.2, -0.15) is 8.78 Å². The molecular formula is C15H19F4N3O2. The molecule has 1 unspecified atom stereocenters. The van der Waals surface area contributed by atoms with Crippen LogP contribution in [0.15, 0.2) is 18.3 Å². The molecule has 1 aromatic heterocycles. The number of pyridine rings is 1. The van der Waals surface area contributed by atoms with Crippen molar-refractivity contribution < 1.29 is 27.1 Å². The van der Waals surface area contributed by atoms with Crippen molar-refractivity contribution in [2.45, 2.75) is 37.7 Å². The summed E-state index contributed by atoms with van der Waals surface area (Å²) in [5.74, 6) is -4.75. The van der Waals surface area contributed by atoms with Crippen LogP contribution in [-0.4, -0.2) is 53.9 Å². The van der Waals surface area contributed by atoms with Crippen LogP contribution in [0.2, 0.25) is 0 Å². The second-order valence-electron chi connectivity index (χ2n) is 5.62. The van der Waals surface area contributed by atoms with Gasteiger partial charge < -0.3 is 15.4 Å². The maximum atomic E-state index is 12.8. The topological polar surface area (TPSA) is 68.5 Å². The number of carbonyl (C=O) groups excluding carboxylic acids is 1. The van der Waals surface area contributed by atoms with Crippen LogP contribution in [0.3, 0.4) is 0 Å². The van der Waals surface area contributed by atoms with Crippen LogP contribution in [0.4, 0.5) is 17.6 Å². The van der Waals surface area contributed by atoms with Gasteiger partial charge >= 0.3 is 12.3 Å². The third-order valence-electron chi connectivity index (χ3n) is 3.88. The van der Waals surface area contributed by atoms with Crippen LogP contribution in [0.5, 0.6) is 5.88 Å². The van der Waals surface area contributed by atoms with E-state index in [0.717, 1.165) is 19.3 Å². The molecule has 9 heteroatoms. The maximum absolute atomic E-state index is 12.8. The molecular weight excluding hydrogens is 330 g/mol. The standard InChI is InChI=1S/C15H19F4N3O2/c16-14(17)15(18,19)9-24-12-5-4-10(8-21-12)13(23)22-6-2-1-3-11(22)7-20/h4-5,8,11,14H,1-3,6-7,9,20H2. The molecule has 0 spiro atoms. The molecule has 0 aromatic carbocycles. The smallest absolute Gasteiger partial charge is 0.340 e. The van der Waals surface area contributed by atoms with E-state index in [0.29, 0.717) is 13.1 Å². The van der Waals surface area contributed by atoms with Gasteiger partial charge in [-0.25, -0.2) is 13.8 Å². The SMILES string of the molecule is NCC1CCCCN1C(=O)c1ccc(OCC(F)(F)C(F)F)nc1. The van der Waals surface area contributed by atoms with Crippen molar-refractivity contribution in [3.63, 3.8) is 0 Å². The minimum Gasteiger partial charge on any atom is -0.471 e. The molecule has 134 valence electrons. The number of aromatic nitrogens is 1. The number of alkyl halides is 4. The molecule has 2 rings (SSSR count). The molecule has 0 bridgehead atoms. The van der Waals surface area contributed by atoms with Crippen LogP contribution in [0.1, 0.15) is 29.6 Å². The quantitative estimate of drug-likeness (QED) is 0.801. The van der Waals surface area contributed by atoms with E-state index in [2.05, 4.69) is 9.72 Å². The maximum Gasteiger partial charge on any atom is 0.340 e. The third-order valence-corrected chi connectivity index (χ3v) is 3.88. The highest BCUT2D eigenvalue weighted by molar-refractivity contribution is 5.94. The molecule has 2 heterocycles. The van der Waals surface area contributed by atoms with Crippen molar-refractivity contribution >= 4 is 5.91 Å². The van der Waals surface area contributed by atoms with Crippen LogP contribution in [-0.2, 0) is 0 Å². The Kier molecular flexibility index (Phi) is 5.98. The summed E-state index contributed by atoms with van der Waals surface area (Å²) in [7, 11) is 0. The van der Waals surface area contributed by atoms with E-state index in [1.54, 1.807) is 4.90 Å². The highest BCUT2D eigenvalue weighted by Crippen LogP contribution is 2.24. The number of nitrogens with zero attached hydrogens (tertiary/aromatic N) is 2. The zero-order valence-corrected chi connectivity index (χ0v) is 12.9. The van der Waals surface area contributed by atoms with Gasteiger partial charge in [0, 0.05) is 31.4 Å². The average Bonchev–Trinajstić information content (AvgIpc) is 2.59. The Labute approximate surface area is 136 Å². The molecule has 5 nitrogen and oxygen atoms in total. The molecule has 1 aromatic rings. The summed E-state index contributed by atoms with van der Waals surface area (Å²) in [6.45, 7) is -0.519. The van der Waals surface area contributed by atoms with Crippen LogP contribution in [0, 0.1) is 0 Å². The summed E-state index contributed by atoms with van der Waals surface area (Å²) in [5, 5.41) is 0. The Bertz CT molecular complexity index is 554. The molecule has 0 radical (unpaired) electrons. The van der Waals surface area contributed by atoms with Crippen molar-refractivity contribution in [2.24, 2.45) is 5.73 Å². The number of carbonyl (C=O) groups is 1. The first-order valence-corrected chi connectivity index (χ1v) is 7.61. The minimum absolute atomic E-state index is 0.0353. The van der Waals surface area contributed by atoms with E-state index >= 15 is 0 Å². The number of ether oxygens (including phenoxy) is 1. The van der Waals surface area contributed by atoms with Crippen molar-refractivity contribution in [1.29, 1.82) is 0 Å². The largest absolute Gasteiger partial charge is 0.471 e. The lowest BCUT2D eigenvalue weighted by Gasteiger charge is -2.35. The molecule has 1 aliphatic heterocycles. The minimum atomic E-state index is -4.25. The van der Waals surface area contributed by atoms with Gasteiger partial charge in [-0.15, -0.1) is 0 Å². The van der Waals surface area contributed by atoms with Crippen molar-refractivity contribution in [2.75, 3.05) is 19.7 Å². The van der Waals surface area contributed by atoms with E-state index in [1.807, 2.05) is 0 Å². The summed E-state index contributed by atoms with van der Waals surface area (Å²) in [4.78, 5) is 17.9. The lowest BCUT2D eigenvalue weighted by atomic mass is 10.0. The van der Waals surface area contributed by atoms with Crippen LogP contribution >= 0.6 is 0 Å². The summed E-state index contributed by atoms with van der Waals surface area (Å²) in [6.07, 6.45) is 0.0970. The van der Waals surface area contributed by atoms with E-state index in [1.165, 1.54) is 18.3 Å². The number of rotatable bonds is 6. The van der Waals surface area contributed by atoms with Crippen molar-refractivity contribution in [3.8, 4) is 5.88 Å². The van der Waals surface area contributed by atoms with Gasteiger partial charge in [0.25, 0.3) is 5.91 Å². The Morgan fingerprint density at radius 3 is 2.75 bits per heavy atom. The lowest BCUT2D eigenvalue weighted by molar-refractivity contribution is -0.148. The summed E-state index contributed by atoms with van der Waals surface area (Å²) in [5.41, 5.74) is 5.94. The number of nitrogens with two attached hydrogens (primary N) is 1. The molecule has 1 atom stereocenters. The van der Waals surface area contributed by atoms with Crippen LogP contribution in [0.25, 0.3) is 0 Å². The fourth-order valence-corrected chi connectivity index (χ4v) is 2.50. The average molecular weight is 349 g/mol. The first-order valence-electron chi connectivity index (χ1n) is 7.61. The Balaban J connectivity index is 1.99. The number of hydrogen-bond acceptors (Lipinski definition) is 4. The second-order valence-corrected chi connectivity index (χ2v) is 5.62. The molecule has 1 aliphatic rings. The first-order chi connectivity index (χ1) is 11.3. The summed E-state index contributed by atoms with van der Waals surface area (Å²) < 4.78 is 54.2. The fraction of sp³-hybridized carbons (Fsp3) is 0.600. The van der Waals surface area contributed by atoms with Gasteiger partial charge in [-0.1, -0.05) is 0 Å². The fourth-order valence-electron chi connectivity index (χ4n) is 2.50. The lowest BCUT2D eigenvalue weighted by Crippen LogP contribution is -2.47. The van der Waals surface area contributed by atoms with Gasteiger partial charge in [0.15, 0.2) is 6.61 Å². The van der Waals surface area contributed by atoms with Gasteiger partial charge in [0.05, 0.1) is 5.56 Å². The van der Waals surface area contributed by atoms with Gasteiger partial charge in [0.2, 0.25) is 5.88 Å².